The summed E-state index contributed by atoms with van der Waals surface area (Å²) in [4.78, 5) is 28.1. The van der Waals surface area contributed by atoms with E-state index in [9.17, 15) is 9.59 Å². The van der Waals surface area contributed by atoms with Crippen molar-refractivity contribution in [3.05, 3.63) is 18.5 Å². The summed E-state index contributed by atoms with van der Waals surface area (Å²) >= 11 is 0. The lowest BCUT2D eigenvalue weighted by Crippen LogP contribution is -2.48. The molecule has 3 rings (SSSR count). The average molecular weight is 349 g/mol. The number of ether oxygens (including phenoxy) is 1. The second-order valence-electron chi connectivity index (χ2n) is 6.90. The van der Waals surface area contributed by atoms with Crippen LogP contribution in [-0.4, -0.2) is 76.8 Å². The summed E-state index contributed by atoms with van der Waals surface area (Å²) in [6.07, 6.45) is 6.24. The van der Waals surface area contributed by atoms with Crippen molar-refractivity contribution < 1.29 is 14.3 Å². The minimum absolute atomic E-state index is 0.0448. The topological polar surface area (TPSA) is 93.7 Å². The molecule has 0 bridgehead atoms. The molecule has 2 N–H and O–H groups in total. The minimum Gasteiger partial charge on any atom is -0.374 e. The van der Waals surface area contributed by atoms with Crippen LogP contribution in [0.15, 0.2) is 18.5 Å². The summed E-state index contributed by atoms with van der Waals surface area (Å²) in [6, 6.07) is 1.88. The van der Waals surface area contributed by atoms with E-state index in [1.165, 1.54) is 0 Å². The van der Waals surface area contributed by atoms with E-state index >= 15 is 0 Å². The highest BCUT2D eigenvalue weighted by Gasteiger charge is 2.31. The third-order valence-corrected chi connectivity index (χ3v) is 4.85. The van der Waals surface area contributed by atoms with Gasteiger partial charge in [-0.15, -0.1) is 0 Å². The van der Waals surface area contributed by atoms with Crippen LogP contribution in [0.25, 0.3) is 0 Å². The number of nitrogens with zero attached hydrogens (tertiary/aromatic N) is 4. The van der Waals surface area contributed by atoms with Crippen LogP contribution in [0.2, 0.25) is 0 Å². The number of aromatic nitrogens is 2. The summed E-state index contributed by atoms with van der Waals surface area (Å²) in [5.74, 6) is -0.225. The Balaban J connectivity index is 1.58. The van der Waals surface area contributed by atoms with E-state index in [0.717, 1.165) is 32.4 Å². The van der Waals surface area contributed by atoms with Gasteiger partial charge in [0.05, 0.1) is 25.1 Å². The van der Waals surface area contributed by atoms with E-state index in [-0.39, 0.29) is 30.4 Å². The van der Waals surface area contributed by atoms with Gasteiger partial charge in [-0.3, -0.25) is 19.2 Å². The zero-order chi connectivity index (χ0) is 17.6. The van der Waals surface area contributed by atoms with Crippen LogP contribution < -0.4 is 5.73 Å². The van der Waals surface area contributed by atoms with Crippen molar-refractivity contribution in [2.24, 2.45) is 11.7 Å². The van der Waals surface area contributed by atoms with Crippen molar-refractivity contribution in [2.75, 3.05) is 39.3 Å². The van der Waals surface area contributed by atoms with Gasteiger partial charge in [-0.2, -0.15) is 5.10 Å². The van der Waals surface area contributed by atoms with Crippen LogP contribution in [0.5, 0.6) is 0 Å². The molecule has 1 aromatic heterocycles. The number of likely N-dealkylation sites (tertiary alicyclic amines) is 1. The summed E-state index contributed by atoms with van der Waals surface area (Å²) in [5, 5.41) is 4.22. The van der Waals surface area contributed by atoms with Crippen molar-refractivity contribution in [1.29, 1.82) is 0 Å². The van der Waals surface area contributed by atoms with Crippen molar-refractivity contribution in [3.8, 4) is 0 Å². The zero-order valence-corrected chi connectivity index (χ0v) is 14.5. The molecule has 0 saturated carbocycles. The number of hydrogen-bond acceptors (Lipinski definition) is 5. The van der Waals surface area contributed by atoms with E-state index in [1.807, 2.05) is 26.7 Å². The van der Waals surface area contributed by atoms with Gasteiger partial charge < -0.3 is 15.4 Å². The molecule has 0 aliphatic carbocycles. The van der Waals surface area contributed by atoms with Crippen molar-refractivity contribution in [2.45, 2.75) is 31.9 Å². The normalized spacial score (nSPS) is 25.5. The summed E-state index contributed by atoms with van der Waals surface area (Å²) in [7, 11) is 0. The molecule has 8 heteroatoms. The van der Waals surface area contributed by atoms with Gasteiger partial charge in [0.15, 0.2) is 0 Å². The molecule has 2 fully saturated rings. The molecule has 25 heavy (non-hydrogen) atoms. The highest BCUT2D eigenvalue weighted by molar-refractivity contribution is 5.79. The predicted octanol–water partition coefficient (Wildman–Crippen LogP) is -0.302. The summed E-state index contributed by atoms with van der Waals surface area (Å²) in [6.45, 7) is 4.30. The molecule has 138 valence electrons. The van der Waals surface area contributed by atoms with Crippen LogP contribution >= 0.6 is 0 Å². The van der Waals surface area contributed by atoms with Gasteiger partial charge in [-0.25, -0.2) is 0 Å². The zero-order valence-electron chi connectivity index (χ0n) is 14.5. The standard InChI is InChI=1S/C17H27N5O3/c18-16(23)13-20-6-1-4-14(10-20)17(24)21-7-3-9-25-15(11-21)12-22-8-2-5-19-22/h2,5,8,14-15H,1,3-4,6-7,9-13H2,(H2,18,23). The predicted molar refractivity (Wildman–Crippen MR) is 91.5 cm³/mol. The maximum atomic E-state index is 13.0. The first-order chi connectivity index (χ1) is 12.1. The molecule has 2 aliphatic heterocycles. The smallest absolute Gasteiger partial charge is 0.231 e. The van der Waals surface area contributed by atoms with Gasteiger partial charge >= 0.3 is 0 Å². The minimum atomic E-state index is -0.337. The van der Waals surface area contributed by atoms with Gasteiger partial charge in [0.1, 0.15) is 0 Å². The molecule has 3 heterocycles. The van der Waals surface area contributed by atoms with Crippen LogP contribution in [0.4, 0.5) is 0 Å². The van der Waals surface area contributed by atoms with Crippen molar-refractivity contribution >= 4 is 11.8 Å². The Bertz CT molecular complexity index is 577. The third-order valence-electron chi connectivity index (χ3n) is 4.85. The first-order valence-electron chi connectivity index (χ1n) is 9.00. The van der Waals surface area contributed by atoms with E-state index < -0.39 is 0 Å². The fourth-order valence-electron chi connectivity index (χ4n) is 3.70. The Kier molecular flexibility index (Phi) is 6.04. The Hall–Kier alpha value is -1.93. The molecule has 2 atom stereocenters. The number of carbonyl (C=O) groups excluding carboxylic acids is 2. The van der Waals surface area contributed by atoms with Gasteiger partial charge in [-0.1, -0.05) is 0 Å². The van der Waals surface area contributed by atoms with Gasteiger partial charge in [0, 0.05) is 38.6 Å². The molecule has 2 saturated heterocycles. The Labute approximate surface area is 147 Å². The average Bonchev–Trinajstić information content (AvgIpc) is 2.98. The molecule has 2 aliphatic rings. The number of rotatable bonds is 5. The van der Waals surface area contributed by atoms with Gasteiger partial charge in [0.25, 0.3) is 0 Å². The molecule has 8 nitrogen and oxygen atoms in total. The summed E-state index contributed by atoms with van der Waals surface area (Å²) < 4.78 is 7.73. The molecular formula is C17H27N5O3. The second kappa shape index (κ2) is 8.44. The largest absolute Gasteiger partial charge is 0.374 e. The molecule has 0 spiro atoms. The summed E-state index contributed by atoms with van der Waals surface area (Å²) in [5.41, 5.74) is 5.29. The number of carbonyl (C=O) groups is 2. The lowest BCUT2D eigenvalue weighted by atomic mass is 9.96. The van der Waals surface area contributed by atoms with Crippen LogP contribution in [-0.2, 0) is 20.9 Å². The Morgan fingerprint density at radius 2 is 2.12 bits per heavy atom. The number of amides is 2. The molecule has 0 radical (unpaired) electrons. The second-order valence-corrected chi connectivity index (χ2v) is 6.90. The number of piperidine rings is 1. The van der Waals surface area contributed by atoms with Crippen molar-refractivity contribution in [3.63, 3.8) is 0 Å². The first-order valence-corrected chi connectivity index (χ1v) is 9.00. The highest BCUT2D eigenvalue weighted by Crippen LogP contribution is 2.20. The fourth-order valence-corrected chi connectivity index (χ4v) is 3.70. The quantitative estimate of drug-likeness (QED) is 0.788. The lowest BCUT2D eigenvalue weighted by Gasteiger charge is -2.34. The SMILES string of the molecule is NC(=O)CN1CCCC(C(=O)N2CCCOC(Cn3cccn3)C2)C1. The van der Waals surface area contributed by atoms with E-state index in [1.54, 1.807) is 6.20 Å². The Morgan fingerprint density at radius 3 is 2.88 bits per heavy atom. The third kappa shape index (κ3) is 5.02. The molecule has 2 unspecified atom stereocenters. The first kappa shape index (κ1) is 17.9. The van der Waals surface area contributed by atoms with Crippen LogP contribution in [0.1, 0.15) is 19.3 Å². The van der Waals surface area contributed by atoms with Gasteiger partial charge in [0.2, 0.25) is 11.8 Å². The Morgan fingerprint density at radius 1 is 1.24 bits per heavy atom. The number of nitrogens with two attached hydrogens (primary N) is 1. The fraction of sp³-hybridized carbons (Fsp3) is 0.706. The van der Waals surface area contributed by atoms with Crippen LogP contribution in [0.3, 0.4) is 0 Å². The van der Waals surface area contributed by atoms with E-state index in [2.05, 4.69) is 5.10 Å². The number of primary amides is 1. The van der Waals surface area contributed by atoms with Crippen molar-refractivity contribution in [1.82, 2.24) is 19.6 Å². The molecule has 2 amide bonds. The molecule has 0 aromatic carbocycles. The monoisotopic (exact) mass is 349 g/mol. The van der Waals surface area contributed by atoms with E-state index in [0.29, 0.717) is 26.2 Å². The van der Waals surface area contributed by atoms with Crippen LogP contribution in [0, 0.1) is 5.92 Å². The lowest BCUT2D eigenvalue weighted by molar-refractivity contribution is -0.139. The van der Waals surface area contributed by atoms with E-state index in [4.69, 9.17) is 10.5 Å². The highest BCUT2D eigenvalue weighted by atomic mass is 16.5. The molecular weight excluding hydrogens is 322 g/mol. The maximum absolute atomic E-state index is 13.0. The maximum Gasteiger partial charge on any atom is 0.231 e. The van der Waals surface area contributed by atoms with Gasteiger partial charge in [-0.05, 0) is 31.9 Å². The molecule has 1 aromatic rings. The number of hydrogen-bond donors (Lipinski definition) is 1.